The summed E-state index contributed by atoms with van der Waals surface area (Å²) in [5.41, 5.74) is 0. The van der Waals surface area contributed by atoms with Crippen LogP contribution in [0.5, 0.6) is 5.75 Å². The molecule has 0 radical (unpaired) electrons. The van der Waals surface area contributed by atoms with E-state index in [0.717, 1.165) is 0 Å². The van der Waals surface area contributed by atoms with Crippen LogP contribution in [0, 0.1) is 0 Å². The number of benzene rings is 1. The number of phenols is 1. The molecule has 0 aliphatic rings. The number of phenolic OH excluding ortho intramolecular Hbond substituents is 1. The summed E-state index contributed by atoms with van der Waals surface area (Å²) in [6.45, 7) is 0.458. The molecule has 0 amide bonds. The van der Waals surface area contributed by atoms with E-state index < -0.39 is 10.0 Å². The topological polar surface area (TPSA) is 75.6 Å². The molecule has 0 spiro atoms. The highest BCUT2D eigenvalue weighted by Gasteiger charge is 2.16. The zero-order valence-electron chi connectivity index (χ0n) is 8.30. The fourth-order valence-electron chi connectivity index (χ4n) is 1.04. The molecule has 5 nitrogen and oxygen atoms in total. The lowest BCUT2D eigenvalue weighted by Gasteiger charge is -2.07. The molecule has 15 heavy (non-hydrogen) atoms. The van der Waals surface area contributed by atoms with Crippen molar-refractivity contribution in [3.8, 4) is 5.75 Å². The van der Waals surface area contributed by atoms with Gasteiger partial charge in [0.2, 0.25) is 10.0 Å². The van der Waals surface area contributed by atoms with Crippen LogP contribution in [-0.4, -0.2) is 33.8 Å². The van der Waals surface area contributed by atoms with Crippen LogP contribution in [0.4, 0.5) is 0 Å². The number of rotatable bonds is 5. The van der Waals surface area contributed by atoms with E-state index in [4.69, 9.17) is 4.74 Å². The molecule has 0 unspecified atom stereocenters. The molecule has 0 saturated heterocycles. The van der Waals surface area contributed by atoms with Crippen molar-refractivity contribution in [1.82, 2.24) is 4.72 Å². The van der Waals surface area contributed by atoms with E-state index in [2.05, 4.69) is 4.72 Å². The van der Waals surface area contributed by atoms with Crippen LogP contribution in [0.15, 0.2) is 29.2 Å². The molecule has 0 atom stereocenters. The molecule has 1 aromatic rings. The van der Waals surface area contributed by atoms with E-state index >= 15 is 0 Å². The Labute approximate surface area is 88.7 Å². The van der Waals surface area contributed by atoms with Gasteiger partial charge < -0.3 is 9.84 Å². The first kappa shape index (κ1) is 12.0. The Bertz CT molecular complexity index is 416. The maximum Gasteiger partial charge on any atom is 0.244 e. The lowest BCUT2D eigenvalue weighted by Crippen LogP contribution is -2.27. The van der Waals surface area contributed by atoms with Gasteiger partial charge in [-0.1, -0.05) is 12.1 Å². The molecule has 0 heterocycles. The zero-order chi connectivity index (χ0) is 11.3. The summed E-state index contributed by atoms with van der Waals surface area (Å²) in [6, 6.07) is 5.77. The number of sulfonamides is 1. The molecule has 2 N–H and O–H groups in total. The molecule has 1 rings (SSSR count). The normalized spacial score (nSPS) is 11.5. The summed E-state index contributed by atoms with van der Waals surface area (Å²) < 4.78 is 30.2. The van der Waals surface area contributed by atoms with Gasteiger partial charge in [0, 0.05) is 13.7 Å². The number of ether oxygens (including phenoxy) is 1. The molecule has 84 valence electrons. The minimum atomic E-state index is -3.64. The maximum absolute atomic E-state index is 11.6. The highest BCUT2D eigenvalue weighted by atomic mass is 32.2. The van der Waals surface area contributed by atoms with Crippen molar-refractivity contribution in [3.63, 3.8) is 0 Å². The van der Waals surface area contributed by atoms with E-state index in [0.29, 0.717) is 0 Å². The number of aromatic hydroxyl groups is 1. The Morgan fingerprint density at radius 2 is 2.07 bits per heavy atom. The molecule has 0 bridgehead atoms. The van der Waals surface area contributed by atoms with Gasteiger partial charge in [-0.2, -0.15) is 0 Å². The van der Waals surface area contributed by atoms with E-state index in [-0.39, 0.29) is 23.8 Å². The van der Waals surface area contributed by atoms with Crippen molar-refractivity contribution in [1.29, 1.82) is 0 Å². The van der Waals surface area contributed by atoms with Gasteiger partial charge in [0.1, 0.15) is 10.6 Å². The SMILES string of the molecule is COCCNS(=O)(=O)c1ccccc1O. The van der Waals surface area contributed by atoms with E-state index in [1.165, 1.54) is 19.2 Å². The summed E-state index contributed by atoms with van der Waals surface area (Å²) in [6.07, 6.45) is 0. The third-order valence-electron chi connectivity index (χ3n) is 1.75. The van der Waals surface area contributed by atoms with Crippen molar-refractivity contribution in [2.24, 2.45) is 0 Å². The van der Waals surface area contributed by atoms with Crippen LogP contribution in [0.3, 0.4) is 0 Å². The molecule has 0 aliphatic heterocycles. The van der Waals surface area contributed by atoms with E-state index in [9.17, 15) is 13.5 Å². The lowest BCUT2D eigenvalue weighted by atomic mass is 10.3. The molecular formula is C9H13NO4S. The summed E-state index contributed by atoms with van der Waals surface area (Å²) >= 11 is 0. The van der Waals surface area contributed by atoms with Gasteiger partial charge in [-0.3, -0.25) is 0 Å². The number of nitrogens with one attached hydrogen (secondary N) is 1. The summed E-state index contributed by atoms with van der Waals surface area (Å²) in [4.78, 5) is -0.124. The largest absolute Gasteiger partial charge is 0.507 e. The first-order valence-corrected chi connectivity index (χ1v) is 5.83. The second kappa shape index (κ2) is 5.11. The zero-order valence-corrected chi connectivity index (χ0v) is 9.12. The molecule has 0 aromatic heterocycles. The highest BCUT2D eigenvalue weighted by molar-refractivity contribution is 7.89. The Kier molecular flexibility index (Phi) is 4.07. The Hall–Kier alpha value is -1.11. The smallest absolute Gasteiger partial charge is 0.244 e. The van der Waals surface area contributed by atoms with E-state index in [1.54, 1.807) is 12.1 Å². The van der Waals surface area contributed by atoms with Gasteiger partial charge in [0.25, 0.3) is 0 Å². The fraction of sp³-hybridized carbons (Fsp3) is 0.333. The average Bonchev–Trinajstić information content (AvgIpc) is 2.18. The van der Waals surface area contributed by atoms with Crippen LogP contribution in [0.1, 0.15) is 0 Å². The quantitative estimate of drug-likeness (QED) is 0.715. The van der Waals surface area contributed by atoms with Gasteiger partial charge in [0.05, 0.1) is 6.61 Å². The van der Waals surface area contributed by atoms with Crippen molar-refractivity contribution in [2.75, 3.05) is 20.3 Å². The molecule has 0 saturated carbocycles. The Morgan fingerprint density at radius 1 is 1.40 bits per heavy atom. The minimum absolute atomic E-state index is 0.124. The first-order valence-electron chi connectivity index (χ1n) is 4.34. The monoisotopic (exact) mass is 231 g/mol. The fourth-order valence-corrected chi connectivity index (χ4v) is 2.15. The minimum Gasteiger partial charge on any atom is -0.507 e. The number of methoxy groups -OCH3 is 1. The molecule has 0 fully saturated rings. The summed E-state index contributed by atoms with van der Waals surface area (Å²) in [5, 5.41) is 9.35. The average molecular weight is 231 g/mol. The van der Waals surface area contributed by atoms with Crippen LogP contribution in [0.25, 0.3) is 0 Å². The lowest BCUT2D eigenvalue weighted by molar-refractivity contribution is 0.204. The Morgan fingerprint density at radius 3 is 2.67 bits per heavy atom. The first-order chi connectivity index (χ1) is 7.08. The van der Waals surface area contributed by atoms with Crippen LogP contribution in [0.2, 0.25) is 0 Å². The second-order valence-electron chi connectivity index (χ2n) is 2.86. The van der Waals surface area contributed by atoms with Gasteiger partial charge in [-0.25, -0.2) is 13.1 Å². The third-order valence-corrected chi connectivity index (χ3v) is 3.26. The summed E-state index contributed by atoms with van der Waals surface area (Å²) in [5.74, 6) is -0.262. The molecular weight excluding hydrogens is 218 g/mol. The van der Waals surface area contributed by atoms with Crippen molar-refractivity contribution in [3.05, 3.63) is 24.3 Å². The Balaban J connectivity index is 2.83. The third kappa shape index (κ3) is 3.19. The number of para-hydroxylation sites is 1. The predicted molar refractivity (Wildman–Crippen MR) is 55.2 cm³/mol. The van der Waals surface area contributed by atoms with Gasteiger partial charge >= 0.3 is 0 Å². The second-order valence-corrected chi connectivity index (χ2v) is 4.59. The number of hydrogen-bond acceptors (Lipinski definition) is 4. The van der Waals surface area contributed by atoms with Crippen molar-refractivity contribution in [2.45, 2.75) is 4.90 Å². The van der Waals surface area contributed by atoms with Crippen LogP contribution < -0.4 is 4.72 Å². The van der Waals surface area contributed by atoms with Crippen LogP contribution in [-0.2, 0) is 14.8 Å². The number of hydrogen-bond donors (Lipinski definition) is 2. The highest BCUT2D eigenvalue weighted by Crippen LogP contribution is 2.20. The van der Waals surface area contributed by atoms with E-state index in [1.807, 2.05) is 0 Å². The van der Waals surface area contributed by atoms with Gasteiger partial charge in [-0.15, -0.1) is 0 Å². The molecule has 1 aromatic carbocycles. The van der Waals surface area contributed by atoms with Crippen molar-refractivity contribution >= 4 is 10.0 Å². The molecule has 0 aliphatic carbocycles. The maximum atomic E-state index is 11.6. The van der Waals surface area contributed by atoms with Gasteiger partial charge in [0.15, 0.2) is 0 Å². The summed E-state index contributed by atoms with van der Waals surface area (Å²) in [7, 11) is -2.16. The van der Waals surface area contributed by atoms with Gasteiger partial charge in [-0.05, 0) is 12.1 Å². The predicted octanol–water partition coefficient (Wildman–Crippen LogP) is 0.317. The van der Waals surface area contributed by atoms with Crippen LogP contribution >= 0.6 is 0 Å². The molecule has 6 heteroatoms. The van der Waals surface area contributed by atoms with Crippen molar-refractivity contribution < 1.29 is 18.3 Å². The standard InChI is InChI=1S/C9H13NO4S/c1-14-7-6-10-15(12,13)9-5-3-2-4-8(9)11/h2-5,10-11H,6-7H2,1H3.